The third-order valence-electron chi connectivity index (χ3n) is 4.77. The van der Waals surface area contributed by atoms with E-state index in [1.807, 2.05) is 12.2 Å². The molecule has 1 aliphatic heterocycles. The second kappa shape index (κ2) is 13.2. The maximum atomic E-state index is 11.5. The largest absolute Gasteiger partial charge is 0.456 e. The van der Waals surface area contributed by atoms with Gasteiger partial charge in [0.2, 0.25) is 0 Å². The highest BCUT2D eigenvalue weighted by molar-refractivity contribution is 5.92. The van der Waals surface area contributed by atoms with Gasteiger partial charge in [-0.05, 0) is 32.6 Å². The Bertz CT molecular complexity index is 387. The molecule has 0 aromatic heterocycles. The van der Waals surface area contributed by atoms with E-state index in [-0.39, 0.29) is 5.97 Å². The molecule has 3 heteroatoms. The van der Waals surface area contributed by atoms with Gasteiger partial charge in [-0.25, -0.2) is 4.79 Å². The SMILES string of the molecule is C=CCCCCCCCCCCCCC/C=C1/C(=O)O[C@@H](C)[C@H]1O. The van der Waals surface area contributed by atoms with Crippen LogP contribution in [0.15, 0.2) is 24.3 Å². The average molecular weight is 337 g/mol. The van der Waals surface area contributed by atoms with E-state index in [2.05, 4.69) is 6.58 Å². The maximum Gasteiger partial charge on any atom is 0.336 e. The number of rotatable bonds is 14. The molecule has 0 amide bonds. The van der Waals surface area contributed by atoms with Crippen LogP contribution in [0.5, 0.6) is 0 Å². The molecule has 2 atom stereocenters. The van der Waals surface area contributed by atoms with Crippen LogP contribution in [0.1, 0.15) is 90.4 Å². The monoisotopic (exact) mass is 336 g/mol. The number of carbonyl (C=O) groups is 1. The number of allylic oxidation sites excluding steroid dienone is 2. The van der Waals surface area contributed by atoms with Crippen LogP contribution in [0.25, 0.3) is 0 Å². The number of esters is 1. The molecule has 1 heterocycles. The van der Waals surface area contributed by atoms with Crippen LogP contribution < -0.4 is 0 Å². The topological polar surface area (TPSA) is 46.5 Å². The summed E-state index contributed by atoms with van der Waals surface area (Å²) in [6.07, 6.45) is 19.1. The van der Waals surface area contributed by atoms with E-state index in [0.29, 0.717) is 5.57 Å². The van der Waals surface area contributed by atoms with E-state index in [0.717, 1.165) is 19.3 Å². The third-order valence-corrected chi connectivity index (χ3v) is 4.77. The lowest BCUT2D eigenvalue weighted by Crippen LogP contribution is -2.17. The summed E-state index contributed by atoms with van der Waals surface area (Å²) in [7, 11) is 0. The van der Waals surface area contributed by atoms with Crippen LogP contribution in [0.4, 0.5) is 0 Å². The van der Waals surface area contributed by atoms with Gasteiger partial charge in [0.25, 0.3) is 0 Å². The Kier molecular flexibility index (Phi) is 11.5. The fraction of sp³-hybridized carbons (Fsp3) is 0.762. The first-order chi connectivity index (χ1) is 11.7. The number of hydrogen-bond donors (Lipinski definition) is 1. The predicted octanol–water partition coefficient (Wildman–Crippen LogP) is 5.48. The molecule has 24 heavy (non-hydrogen) atoms. The van der Waals surface area contributed by atoms with Gasteiger partial charge >= 0.3 is 5.97 Å². The summed E-state index contributed by atoms with van der Waals surface area (Å²) in [6.45, 7) is 5.48. The molecule has 1 aliphatic rings. The van der Waals surface area contributed by atoms with Crippen molar-refractivity contribution < 1.29 is 14.6 Å². The van der Waals surface area contributed by atoms with Gasteiger partial charge in [0, 0.05) is 0 Å². The fourth-order valence-corrected chi connectivity index (χ4v) is 3.16. The zero-order valence-corrected chi connectivity index (χ0v) is 15.5. The lowest BCUT2D eigenvalue weighted by molar-refractivity contribution is -0.138. The van der Waals surface area contributed by atoms with Crippen LogP contribution in [-0.2, 0) is 9.53 Å². The van der Waals surface area contributed by atoms with Crippen molar-refractivity contribution in [3.63, 3.8) is 0 Å². The minimum Gasteiger partial charge on any atom is -0.456 e. The number of ether oxygens (including phenoxy) is 1. The van der Waals surface area contributed by atoms with Gasteiger partial charge in [-0.1, -0.05) is 69.9 Å². The summed E-state index contributed by atoms with van der Waals surface area (Å²) in [5, 5.41) is 9.81. The Morgan fingerprint density at radius 1 is 0.917 bits per heavy atom. The number of carbonyl (C=O) groups excluding carboxylic acids is 1. The number of cyclic esters (lactones) is 1. The van der Waals surface area contributed by atoms with Crippen molar-refractivity contribution in [3.05, 3.63) is 24.3 Å². The molecule has 138 valence electrons. The normalized spacial score (nSPS) is 22.1. The van der Waals surface area contributed by atoms with E-state index >= 15 is 0 Å². The molecule has 1 N–H and O–H groups in total. The molecule has 0 unspecified atom stereocenters. The summed E-state index contributed by atoms with van der Waals surface area (Å²) in [5.41, 5.74) is 0.454. The standard InChI is InChI=1S/C21H36O3/c1-3-4-5-6-7-8-9-10-11-12-13-14-15-16-17-19-20(22)18(2)24-21(19)23/h3,17-18,20,22H,1,4-16H2,2H3/b19-17+/t18-,20+/m0/s1. The highest BCUT2D eigenvalue weighted by Gasteiger charge is 2.34. The summed E-state index contributed by atoms with van der Waals surface area (Å²) in [6, 6.07) is 0. The van der Waals surface area contributed by atoms with E-state index in [1.165, 1.54) is 64.2 Å². The van der Waals surface area contributed by atoms with Gasteiger partial charge in [-0.2, -0.15) is 0 Å². The second-order valence-corrected chi connectivity index (χ2v) is 6.97. The lowest BCUT2D eigenvalue weighted by Gasteiger charge is -2.05. The molecule has 1 rings (SSSR count). The van der Waals surface area contributed by atoms with Crippen molar-refractivity contribution in [3.8, 4) is 0 Å². The molecule has 1 saturated heterocycles. The summed E-state index contributed by atoms with van der Waals surface area (Å²) in [4.78, 5) is 11.5. The number of aliphatic hydroxyl groups excluding tert-OH is 1. The first-order valence-corrected chi connectivity index (χ1v) is 9.86. The Balaban J connectivity index is 1.87. The Morgan fingerprint density at radius 2 is 1.38 bits per heavy atom. The Labute approximate surface area is 148 Å². The molecular weight excluding hydrogens is 300 g/mol. The van der Waals surface area contributed by atoms with E-state index in [9.17, 15) is 9.90 Å². The van der Waals surface area contributed by atoms with E-state index in [4.69, 9.17) is 4.74 Å². The Morgan fingerprint density at radius 3 is 1.79 bits per heavy atom. The van der Waals surface area contributed by atoms with Crippen LogP contribution >= 0.6 is 0 Å². The van der Waals surface area contributed by atoms with Crippen molar-refractivity contribution in [2.45, 2.75) is 103 Å². The van der Waals surface area contributed by atoms with Crippen molar-refractivity contribution in [1.82, 2.24) is 0 Å². The summed E-state index contributed by atoms with van der Waals surface area (Å²) >= 11 is 0. The first-order valence-electron chi connectivity index (χ1n) is 9.86. The predicted molar refractivity (Wildman–Crippen MR) is 99.9 cm³/mol. The molecule has 0 saturated carbocycles. The van der Waals surface area contributed by atoms with Gasteiger partial charge in [-0.15, -0.1) is 6.58 Å². The quantitative estimate of drug-likeness (QED) is 0.198. The number of aliphatic hydroxyl groups is 1. The molecule has 0 radical (unpaired) electrons. The molecule has 0 aromatic rings. The number of hydrogen-bond acceptors (Lipinski definition) is 3. The zero-order valence-electron chi connectivity index (χ0n) is 15.5. The van der Waals surface area contributed by atoms with Crippen LogP contribution in [0, 0.1) is 0 Å². The third kappa shape index (κ3) is 8.68. The molecule has 1 fully saturated rings. The van der Waals surface area contributed by atoms with Crippen LogP contribution in [0.2, 0.25) is 0 Å². The maximum absolute atomic E-state index is 11.5. The van der Waals surface area contributed by atoms with Gasteiger partial charge in [0.15, 0.2) is 0 Å². The van der Waals surface area contributed by atoms with E-state index in [1.54, 1.807) is 6.92 Å². The smallest absolute Gasteiger partial charge is 0.336 e. The van der Waals surface area contributed by atoms with Gasteiger partial charge in [-0.3, -0.25) is 0 Å². The highest BCUT2D eigenvalue weighted by atomic mass is 16.6. The highest BCUT2D eigenvalue weighted by Crippen LogP contribution is 2.22. The van der Waals surface area contributed by atoms with Crippen LogP contribution in [0.3, 0.4) is 0 Å². The molecule has 3 nitrogen and oxygen atoms in total. The van der Waals surface area contributed by atoms with Crippen molar-refractivity contribution in [1.29, 1.82) is 0 Å². The van der Waals surface area contributed by atoms with Crippen molar-refractivity contribution >= 4 is 5.97 Å². The fourth-order valence-electron chi connectivity index (χ4n) is 3.16. The molecule has 0 spiro atoms. The summed E-state index contributed by atoms with van der Waals surface area (Å²) in [5.74, 6) is -0.348. The van der Waals surface area contributed by atoms with Gasteiger partial charge < -0.3 is 9.84 Å². The van der Waals surface area contributed by atoms with Crippen LogP contribution in [-0.4, -0.2) is 23.3 Å². The molecule has 0 bridgehead atoms. The minimum absolute atomic E-state index is 0.348. The van der Waals surface area contributed by atoms with Crippen molar-refractivity contribution in [2.24, 2.45) is 0 Å². The van der Waals surface area contributed by atoms with Crippen molar-refractivity contribution in [2.75, 3.05) is 0 Å². The minimum atomic E-state index is -0.741. The Hall–Kier alpha value is -1.09. The lowest BCUT2D eigenvalue weighted by atomic mass is 10.0. The first kappa shape index (κ1) is 21.0. The molecular formula is C21H36O3. The summed E-state index contributed by atoms with van der Waals surface area (Å²) < 4.78 is 4.99. The molecule has 0 aliphatic carbocycles. The van der Waals surface area contributed by atoms with Gasteiger partial charge in [0.1, 0.15) is 12.2 Å². The van der Waals surface area contributed by atoms with Gasteiger partial charge in [0.05, 0.1) is 5.57 Å². The number of unbranched alkanes of at least 4 members (excludes halogenated alkanes) is 12. The average Bonchev–Trinajstić information content (AvgIpc) is 2.81. The van der Waals surface area contributed by atoms with E-state index < -0.39 is 12.2 Å². The zero-order chi connectivity index (χ0) is 17.6. The molecule has 0 aromatic carbocycles. The second-order valence-electron chi connectivity index (χ2n) is 6.97.